The predicted octanol–water partition coefficient (Wildman–Crippen LogP) is 6.40. The van der Waals surface area contributed by atoms with Crippen LogP contribution in [0.15, 0.2) is 91.1 Å². The highest BCUT2D eigenvalue weighted by Gasteiger charge is 2.36. The molecule has 7 nitrogen and oxygen atoms in total. The number of anilines is 1. The van der Waals surface area contributed by atoms with Crippen LogP contribution in [-0.2, 0) is 6.54 Å². The number of carbonyl (C=O) groups excluding carboxylic acids is 1. The average molecular weight is 526 g/mol. The Morgan fingerprint density at radius 1 is 1.00 bits per heavy atom. The second kappa shape index (κ2) is 9.75. The highest BCUT2D eigenvalue weighted by atomic mass is 19.1. The SMILES string of the molecule is COc1cccc([C@H]2c3cccn3-c3c(c(C)nn3-c3ccccc3)CN2C(=O)Nc2ccc(F)cc2F)c1. The molecule has 2 aromatic heterocycles. The first kappa shape index (κ1) is 24.4. The molecule has 39 heavy (non-hydrogen) atoms. The molecule has 1 aliphatic heterocycles. The third-order valence-electron chi connectivity index (χ3n) is 6.93. The first-order valence-electron chi connectivity index (χ1n) is 12.4. The number of nitrogens with one attached hydrogen (secondary N) is 1. The van der Waals surface area contributed by atoms with Gasteiger partial charge in [0.2, 0.25) is 0 Å². The number of fused-ring (bicyclic) bond motifs is 3. The van der Waals surface area contributed by atoms with Gasteiger partial charge in [-0.3, -0.25) is 0 Å². The third-order valence-corrected chi connectivity index (χ3v) is 6.93. The largest absolute Gasteiger partial charge is 0.497 e. The Balaban J connectivity index is 1.54. The van der Waals surface area contributed by atoms with E-state index in [0.29, 0.717) is 5.75 Å². The predicted molar refractivity (Wildman–Crippen MR) is 143 cm³/mol. The van der Waals surface area contributed by atoms with E-state index in [4.69, 9.17) is 9.84 Å². The molecule has 1 aliphatic rings. The number of amides is 2. The lowest BCUT2D eigenvalue weighted by Crippen LogP contribution is -2.38. The van der Waals surface area contributed by atoms with Gasteiger partial charge in [0, 0.05) is 17.8 Å². The molecule has 0 bridgehead atoms. The van der Waals surface area contributed by atoms with Crippen LogP contribution in [0.2, 0.25) is 0 Å². The van der Waals surface area contributed by atoms with Crippen LogP contribution in [0.4, 0.5) is 19.3 Å². The summed E-state index contributed by atoms with van der Waals surface area (Å²) in [4.78, 5) is 15.6. The molecule has 0 radical (unpaired) electrons. The number of nitrogens with zero attached hydrogens (tertiary/aromatic N) is 4. The molecule has 6 rings (SSSR count). The number of halogens is 2. The maximum atomic E-state index is 14.6. The van der Waals surface area contributed by atoms with Gasteiger partial charge in [-0.25, -0.2) is 18.3 Å². The van der Waals surface area contributed by atoms with E-state index in [0.717, 1.165) is 46.2 Å². The lowest BCUT2D eigenvalue weighted by Gasteiger charge is -2.31. The van der Waals surface area contributed by atoms with Crippen LogP contribution in [0.5, 0.6) is 5.75 Å². The quantitative estimate of drug-likeness (QED) is 0.296. The van der Waals surface area contributed by atoms with Crippen LogP contribution in [0.3, 0.4) is 0 Å². The van der Waals surface area contributed by atoms with Gasteiger partial charge in [-0.05, 0) is 61.0 Å². The van der Waals surface area contributed by atoms with Crippen LogP contribution in [-0.4, -0.2) is 32.4 Å². The molecule has 0 saturated heterocycles. The summed E-state index contributed by atoms with van der Waals surface area (Å²) in [5, 5.41) is 7.48. The molecule has 0 aliphatic carbocycles. The Hall–Kier alpha value is -4.92. The lowest BCUT2D eigenvalue weighted by molar-refractivity contribution is 0.194. The zero-order valence-corrected chi connectivity index (χ0v) is 21.3. The van der Waals surface area contributed by atoms with Crippen molar-refractivity contribution in [3.8, 4) is 17.3 Å². The highest BCUT2D eigenvalue weighted by molar-refractivity contribution is 5.90. The summed E-state index contributed by atoms with van der Waals surface area (Å²) in [6.07, 6.45) is 1.95. The van der Waals surface area contributed by atoms with Crippen molar-refractivity contribution >= 4 is 11.7 Å². The molecule has 1 atom stereocenters. The Kier molecular flexibility index (Phi) is 6.11. The number of rotatable bonds is 4. The van der Waals surface area contributed by atoms with Crippen molar-refractivity contribution in [2.75, 3.05) is 12.4 Å². The van der Waals surface area contributed by atoms with Gasteiger partial charge in [-0.1, -0.05) is 30.3 Å². The van der Waals surface area contributed by atoms with Crippen molar-refractivity contribution in [1.82, 2.24) is 19.2 Å². The van der Waals surface area contributed by atoms with E-state index in [1.165, 1.54) is 6.07 Å². The van der Waals surface area contributed by atoms with E-state index < -0.39 is 23.7 Å². The monoisotopic (exact) mass is 525 g/mol. The molecule has 5 aromatic rings. The van der Waals surface area contributed by atoms with Crippen molar-refractivity contribution in [1.29, 1.82) is 0 Å². The average Bonchev–Trinajstić information content (AvgIpc) is 3.51. The Morgan fingerprint density at radius 3 is 2.59 bits per heavy atom. The molecule has 0 fully saturated rings. The fraction of sp³-hybridized carbons (Fsp3) is 0.133. The second-order valence-electron chi connectivity index (χ2n) is 9.30. The molecule has 196 valence electrons. The summed E-state index contributed by atoms with van der Waals surface area (Å²) in [6, 6.07) is 23.1. The summed E-state index contributed by atoms with van der Waals surface area (Å²) in [6.45, 7) is 2.09. The molecule has 2 amide bonds. The highest BCUT2D eigenvalue weighted by Crippen LogP contribution is 2.39. The molecular weight excluding hydrogens is 500 g/mol. The number of carbonyl (C=O) groups is 1. The van der Waals surface area contributed by atoms with E-state index >= 15 is 0 Å². The summed E-state index contributed by atoms with van der Waals surface area (Å²) >= 11 is 0. The van der Waals surface area contributed by atoms with Gasteiger partial charge < -0.3 is 19.5 Å². The molecule has 3 heterocycles. The van der Waals surface area contributed by atoms with Crippen molar-refractivity contribution in [3.63, 3.8) is 0 Å². The van der Waals surface area contributed by atoms with Crippen LogP contribution in [0.25, 0.3) is 11.5 Å². The number of benzene rings is 3. The summed E-state index contributed by atoms with van der Waals surface area (Å²) in [5.74, 6) is -0.118. The van der Waals surface area contributed by atoms with Crippen LogP contribution in [0, 0.1) is 18.6 Å². The standard InChI is InChI=1S/C30H25F2N5O2/c1-19-24-18-36(30(38)33-26-14-13-21(31)17-25(26)32)28(20-8-6-11-23(16-20)39-2)27-12-7-15-35(27)29(24)37(34-19)22-9-4-3-5-10-22/h3-17,28H,18H2,1-2H3,(H,33,38)/t28-/m0/s1. The molecular formula is C30H25F2N5O2. The topological polar surface area (TPSA) is 64.3 Å². The Bertz CT molecular complexity index is 1680. The molecule has 0 saturated carbocycles. The number of hydrogen-bond acceptors (Lipinski definition) is 3. The van der Waals surface area contributed by atoms with Gasteiger partial charge in [0.05, 0.1) is 42.5 Å². The minimum Gasteiger partial charge on any atom is -0.497 e. The molecule has 9 heteroatoms. The fourth-order valence-electron chi connectivity index (χ4n) is 5.09. The van der Waals surface area contributed by atoms with Crippen molar-refractivity contribution in [3.05, 3.63) is 125 Å². The molecule has 3 aromatic carbocycles. The van der Waals surface area contributed by atoms with Crippen LogP contribution >= 0.6 is 0 Å². The van der Waals surface area contributed by atoms with Crippen molar-refractivity contribution in [2.45, 2.75) is 19.5 Å². The van der Waals surface area contributed by atoms with Crippen molar-refractivity contribution in [2.24, 2.45) is 0 Å². The normalized spacial score (nSPS) is 14.4. The smallest absolute Gasteiger partial charge is 0.323 e. The minimum absolute atomic E-state index is 0.109. The van der Waals surface area contributed by atoms with Gasteiger partial charge in [-0.2, -0.15) is 5.10 Å². The third kappa shape index (κ3) is 4.31. The Labute approximate surface area is 223 Å². The fourth-order valence-corrected chi connectivity index (χ4v) is 5.09. The van der Waals surface area contributed by atoms with E-state index in [2.05, 4.69) is 5.32 Å². The van der Waals surface area contributed by atoms with Gasteiger partial charge >= 0.3 is 6.03 Å². The maximum Gasteiger partial charge on any atom is 0.323 e. The van der Waals surface area contributed by atoms with E-state index in [1.54, 1.807) is 12.0 Å². The number of ether oxygens (including phenoxy) is 1. The van der Waals surface area contributed by atoms with E-state index in [-0.39, 0.29) is 12.2 Å². The number of methoxy groups -OCH3 is 1. The maximum absolute atomic E-state index is 14.6. The van der Waals surface area contributed by atoms with Gasteiger partial charge in [0.1, 0.15) is 23.2 Å². The number of urea groups is 1. The van der Waals surface area contributed by atoms with Gasteiger partial charge in [0.25, 0.3) is 0 Å². The molecule has 0 unspecified atom stereocenters. The Morgan fingerprint density at radius 2 is 1.82 bits per heavy atom. The summed E-state index contributed by atoms with van der Waals surface area (Å²) in [7, 11) is 1.59. The van der Waals surface area contributed by atoms with Crippen LogP contribution < -0.4 is 10.1 Å². The van der Waals surface area contributed by atoms with E-state index in [9.17, 15) is 13.6 Å². The first-order valence-corrected chi connectivity index (χ1v) is 12.4. The van der Waals surface area contributed by atoms with Gasteiger partial charge in [0.15, 0.2) is 0 Å². The van der Waals surface area contributed by atoms with Crippen LogP contribution in [0.1, 0.15) is 28.6 Å². The summed E-state index contributed by atoms with van der Waals surface area (Å²) < 4.78 is 37.5. The van der Waals surface area contributed by atoms with Crippen molar-refractivity contribution < 1.29 is 18.3 Å². The zero-order chi connectivity index (χ0) is 27.1. The number of aromatic nitrogens is 3. The number of hydrogen-bond donors (Lipinski definition) is 1. The number of para-hydroxylation sites is 1. The van der Waals surface area contributed by atoms with Gasteiger partial charge in [-0.15, -0.1) is 0 Å². The lowest BCUT2D eigenvalue weighted by atomic mass is 10.0. The van der Waals surface area contributed by atoms with E-state index in [1.807, 2.05) is 89.1 Å². The number of aryl methyl sites for hydroxylation is 1. The molecule has 0 spiro atoms. The first-order chi connectivity index (χ1) is 18.9. The zero-order valence-electron chi connectivity index (χ0n) is 21.3. The minimum atomic E-state index is -0.853. The molecule has 1 N–H and O–H groups in total. The summed E-state index contributed by atoms with van der Waals surface area (Å²) in [5.41, 5.74) is 4.00. The second-order valence-corrected chi connectivity index (χ2v) is 9.30.